The van der Waals surface area contributed by atoms with E-state index in [9.17, 15) is 8.42 Å². The van der Waals surface area contributed by atoms with Crippen LogP contribution in [-0.2, 0) is 9.84 Å². The lowest BCUT2D eigenvalue weighted by Gasteiger charge is -2.16. The average molecular weight is 269 g/mol. The van der Waals surface area contributed by atoms with Crippen LogP contribution < -0.4 is 10.1 Å². The lowest BCUT2D eigenvalue weighted by Crippen LogP contribution is -2.35. The summed E-state index contributed by atoms with van der Waals surface area (Å²) in [5, 5.41) is 3.11. The summed E-state index contributed by atoms with van der Waals surface area (Å²) in [4.78, 5) is 0.286. The second-order valence-corrected chi connectivity index (χ2v) is 6.67. The number of ether oxygens (including phenoxy) is 1. The van der Waals surface area contributed by atoms with Gasteiger partial charge >= 0.3 is 0 Å². The van der Waals surface area contributed by atoms with Gasteiger partial charge in [-0.15, -0.1) is 0 Å². The first kappa shape index (κ1) is 13.4. The zero-order valence-electron chi connectivity index (χ0n) is 10.7. The van der Waals surface area contributed by atoms with Crippen LogP contribution in [0.15, 0.2) is 29.2 Å². The van der Waals surface area contributed by atoms with Crippen LogP contribution >= 0.6 is 0 Å². The van der Waals surface area contributed by atoms with Gasteiger partial charge in [0.15, 0.2) is 9.84 Å². The number of rotatable bonds is 6. The Morgan fingerprint density at radius 1 is 1.39 bits per heavy atom. The highest BCUT2D eigenvalue weighted by Gasteiger charge is 2.34. The van der Waals surface area contributed by atoms with Crippen LogP contribution in [0.2, 0.25) is 0 Å². The number of para-hydroxylation sites is 1. The first-order valence-corrected chi connectivity index (χ1v) is 7.76. The zero-order valence-corrected chi connectivity index (χ0v) is 11.5. The molecule has 0 amide bonds. The maximum atomic E-state index is 12.4. The predicted octanol–water partition coefficient (Wildman–Crippen LogP) is 1.47. The molecule has 1 aromatic carbocycles. The molecule has 1 fully saturated rings. The molecule has 1 aliphatic rings. The van der Waals surface area contributed by atoms with Gasteiger partial charge in [0.25, 0.3) is 0 Å². The van der Waals surface area contributed by atoms with Crippen molar-refractivity contribution in [2.75, 3.05) is 19.9 Å². The molecule has 0 bridgehead atoms. The summed E-state index contributed by atoms with van der Waals surface area (Å²) in [6.07, 6.45) is 2.24. The molecule has 1 saturated carbocycles. The highest BCUT2D eigenvalue weighted by Crippen LogP contribution is 2.34. The summed E-state index contributed by atoms with van der Waals surface area (Å²) in [5.74, 6) is 1.05. The Hall–Kier alpha value is -1.07. The monoisotopic (exact) mass is 269 g/mol. The highest BCUT2D eigenvalue weighted by molar-refractivity contribution is 7.91. The van der Waals surface area contributed by atoms with E-state index in [1.54, 1.807) is 24.3 Å². The Labute approximate surface area is 108 Å². The number of nitrogens with one attached hydrogen (secondary N) is 1. The molecule has 0 aliphatic heterocycles. The molecular formula is C13H19NO3S. The van der Waals surface area contributed by atoms with Crippen molar-refractivity contribution in [2.24, 2.45) is 5.92 Å². The second kappa shape index (κ2) is 5.28. The van der Waals surface area contributed by atoms with Gasteiger partial charge in [-0.3, -0.25) is 0 Å². The van der Waals surface area contributed by atoms with Crippen LogP contribution in [0.4, 0.5) is 0 Å². The van der Waals surface area contributed by atoms with Crippen molar-refractivity contribution < 1.29 is 13.2 Å². The van der Waals surface area contributed by atoms with Crippen molar-refractivity contribution in [1.29, 1.82) is 0 Å². The van der Waals surface area contributed by atoms with Gasteiger partial charge in [0, 0.05) is 6.04 Å². The standard InChI is InChI=1S/C13H19NO3S/c1-14-11(10-7-8-10)9-18(15,16)13-6-4-3-5-12(13)17-2/h3-6,10-11,14H,7-9H2,1-2H3. The highest BCUT2D eigenvalue weighted by atomic mass is 32.2. The summed E-state index contributed by atoms with van der Waals surface area (Å²) >= 11 is 0. The predicted molar refractivity (Wildman–Crippen MR) is 70.6 cm³/mol. The van der Waals surface area contributed by atoms with E-state index in [0.717, 1.165) is 12.8 Å². The van der Waals surface area contributed by atoms with E-state index in [1.807, 2.05) is 7.05 Å². The van der Waals surface area contributed by atoms with Gasteiger partial charge in [0.1, 0.15) is 10.6 Å². The maximum Gasteiger partial charge on any atom is 0.183 e. The zero-order chi connectivity index (χ0) is 13.2. The maximum absolute atomic E-state index is 12.4. The molecule has 0 radical (unpaired) electrons. The molecule has 1 N–H and O–H groups in total. The third kappa shape index (κ3) is 2.84. The van der Waals surface area contributed by atoms with Crippen LogP contribution in [0.25, 0.3) is 0 Å². The van der Waals surface area contributed by atoms with E-state index in [1.165, 1.54) is 7.11 Å². The molecule has 1 atom stereocenters. The number of methoxy groups -OCH3 is 1. The minimum Gasteiger partial charge on any atom is -0.495 e. The van der Waals surface area contributed by atoms with Gasteiger partial charge in [0.05, 0.1) is 12.9 Å². The van der Waals surface area contributed by atoms with Gasteiger partial charge < -0.3 is 10.1 Å². The van der Waals surface area contributed by atoms with Crippen molar-refractivity contribution in [2.45, 2.75) is 23.8 Å². The van der Waals surface area contributed by atoms with Crippen LogP contribution in [0, 0.1) is 5.92 Å². The molecule has 0 spiro atoms. The minimum atomic E-state index is -3.31. The van der Waals surface area contributed by atoms with E-state index in [-0.39, 0.29) is 16.7 Å². The molecule has 4 nitrogen and oxygen atoms in total. The Morgan fingerprint density at radius 3 is 2.61 bits per heavy atom. The van der Waals surface area contributed by atoms with E-state index in [4.69, 9.17) is 4.74 Å². The molecule has 0 aromatic heterocycles. The Balaban J connectivity index is 2.24. The van der Waals surface area contributed by atoms with Gasteiger partial charge in [-0.2, -0.15) is 0 Å². The fourth-order valence-corrected chi connectivity index (χ4v) is 3.99. The molecule has 2 rings (SSSR count). The number of sulfone groups is 1. The van der Waals surface area contributed by atoms with Crippen molar-refractivity contribution >= 4 is 9.84 Å². The number of hydrogen-bond donors (Lipinski definition) is 1. The van der Waals surface area contributed by atoms with Crippen LogP contribution in [0.1, 0.15) is 12.8 Å². The topological polar surface area (TPSA) is 55.4 Å². The van der Waals surface area contributed by atoms with Crippen LogP contribution in [-0.4, -0.2) is 34.4 Å². The molecule has 100 valence electrons. The van der Waals surface area contributed by atoms with E-state index in [0.29, 0.717) is 11.7 Å². The van der Waals surface area contributed by atoms with Crippen molar-refractivity contribution in [3.8, 4) is 5.75 Å². The minimum absolute atomic E-state index is 0.0416. The normalized spacial score (nSPS) is 17.4. The van der Waals surface area contributed by atoms with Gasteiger partial charge in [-0.25, -0.2) is 8.42 Å². The molecule has 18 heavy (non-hydrogen) atoms. The SMILES string of the molecule is CNC(CS(=O)(=O)c1ccccc1OC)C1CC1. The number of hydrogen-bond acceptors (Lipinski definition) is 4. The molecule has 1 aromatic rings. The first-order chi connectivity index (χ1) is 8.58. The van der Waals surface area contributed by atoms with Gasteiger partial charge in [-0.1, -0.05) is 12.1 Å². The molecule has 1 unspecified atom stereocenters. The summed E-state index contributed by atoms with van der Waals surface area (Å²) < 4.78 is 29.9. The van der Waals surface area contributed by atoms with Crippen molar-refractivity contribution in [3.63, 3.8) is 0 Å². The Bertz CT molecular complexity index is 509. The summed E-state index contributed by atoms with van der Waals surface area (Å²) in [6, 6.07) is 6.82. The largest absolute Gasteiger partial charge is 0.495 e. The van der Waals surface area contributed by atoms with E-state index >= 15 is 0 Å². The molecule has 1 aliphatic carbocycles. The summed E-state index contributed by atoms with van der Waals surface area (Å²) in [6.45, 7) is 0. The Morgan fingerprint density at radius 2 is 2.06 bits per heavy atom. The second-order valence-electron chi connectivity index (χ2n) is 4.66. The van der Waals surface area contributed by atoms with E-state index < -0.39 is 9.84 Å². The molecular weight excluding hydrogens is 250 g/mol. The summed E-state index contributed by atoms with van der Waals surface area (Å²) in [5.41, 5.74) is 0. The summed E-state index contributed by atoms with van der Waals surface area (Å²) in [7, 11) is 0.00417. The third-order valence-electron chi connectivity index (χ3n) is 3.36. The lowest BCUT2D eigenvalue weighted by atomic mass is 10.2. The lowest BCUT2D eigenvalue weighted by molar-refractivity contribution is 0.402. The van der Waals surface area contributed by atoms with Gasteiger partial charge in [0.2, 0.25) is 0 Å². The van der Waals surface area contributed by atoms with Crippen molar-refractivity contribution in [3.05, 3.63) is 24.3 Å². The smallest absolute Gasteiger partial charge is 0.183 e. The Kier molecular flexibility index (Phi) is 3.92. The molecule has 0 heterocycles. The van der Waals surface area contributed by atoms with Crippen LogP contribution in [0.5, 0.6) is 5.75 Å². The number of benzene rings is 1. The van der Waals surface area contributed by atoms with Crippen LogP contribution in [0.3, 0.4) is 0 Å². The fraction of sp³-hybridized carbons (Fsp3) is 0.538. The first-order valence-electron chi connectivity index (χ1n) is 6.11. The van der Waals surface area contributed by atoms with Gasteiger partial charge in [-0.05, 0) is 37.9 Å². The van der Waals surface area contributed by atoms with Crippen molar-refractivity contribution in [1.82, 2.24) is 5.32 Å². The fourth-order valence-electron chi connectivity index (χ4n) is 2.16. The average Bonchev–Trinajstić information content (AvgIpc) is 3.20. The van der Waals surface area contributed by atoms with E-state index in [2.05, 4.69) is 5.32 Å². The third-order valence-corrected chi connectivity index (χ3v) is 5.17. The molecule has 5 heteroatoms. The molecule has 0 saturated heterocycles. The quantitative estimate of drug-likeness (QED) is 0.849.